The molecule has 1 rings (SSSR count). The minimum Gasteiger partial charge on any atom is -0.383 e. The zero-order chi connectivity index (χ0) is 13.8. The molecule has 1 aliphatic rings. The van der Waals surface area contributed by atoms with Gasteiger partial charge in [-0.3, -0.25) is 4.79 Å². The molecule has 106 valence electrons. The van der Waals surface area contributed by atoms with Crippen molar-refractivity contribution in [2.75, 3.05) is 38.8 Å². The zero-order valence-electron chi connectivity index (χ0n) is 11.2. The van der Waals surface area contributed by atoms with Crippen molar-refractivity contribution < 1.29 is 17.9 Å². The van der Waals surface area contributed by atoms with E-state index in [4.69, 9.17) is 4.74 Å². The van der Waals surface area contributed by atoms with Crippen LogP contribution in [-0.4, -0.2) is 70.1 Å². The Bertz CT molecular complexity index is 383. The van der Waals surface area contributed by atoms with E-state index in [0.717, 1.165) is 0 Å². The van der Waals surface area contributed by atoms with Gasteiger partial charge in [-0.2, -0.15) is 0 Å². The van der Waals surface area contributed by atoms with E-state index in [9.17, 15) is 13.2 Å². The summed E-state index contributed by atoms with van der Waals surface area (Å²) in [5, 5.41) is 2.88. The third kappa shape index (κ3) is 3.93. The van der Waals surface area contributed by atoms with Gasteiger partial charge in [-0.15, -0.1) is 0 Å². The predicted molar refractivity (Wildman–Crippen MR) is 69.2 cm³/mol. The third-order valence-corrected chi connectivity index (χ3v) is 5.02. The Labute approximate surface area is 109 Å². The third-order valence-electron chi connectivity index (χ3n) is 3.27. The highest BCUT2D eigenvalue weighted by molar-refractivity contribution is 7.91. The molecule has 1 amide bonds. The minimum atomic E-state index is -2.99. The highest BCUT2D eigenvalue weighted by Crippen LogP contribution is 2.18. The molecule has 1 heterocycles. The lowest BCUT2D eigenvalue weighted by Crippen LogP contribution is -2.50. The summed E-state index contributed by atoms with van der Waals surface area (Å²) < 4.78 is 28.0. The fourth-order valence-corrected chi connectivity index (χ4v) is 3.79. The first-order valence-electron chi connectivity index (χ1n) is 6.08. The van der Waals surface area contributed by atoms with Gasteiger partial charge in [-0.1, -0.05) is 0 Å². The number of hydrogen-bond acceptors (Lipinski definition) is 5. The number of sulfone groups is 1. The van der Waals surface area contributed by atoms with Gasteiger partial charge in [0.05, 0.1) is 24.2 Å². The molecule has 0 saturated carbocycles. The molecule has 0 aliphatic carbocycles. The van der Waals surface area contributed by atoms with Crippen molar-refractivity contribution in [3.8, 4) is 0 Å². The van der Waals surface area contributed by atoms with E-state index in [2.05, 4.69) is 5.32 Å². The van der Waals surface area contributed by atoms with Gasteiger partial charge in [0, 0.05) is 19.7 Å². The summed E-state index contributed by atoms with van der Waals surface area (Å²) in [5.41, 5.74) is 0. The van der Waals surface area contributed by atoms with Gasteiger partial charge in [0.2, 0.25) is 5.91 Å². The van der Waals surface area contributed by atoms with Gasteiger partial charge in [-0.25, -0.2) is 8.42 Å². The van der Waals surface area contributed by atoms with Crippen molar-refractivity contribution in [3.63, 3.8) is 0 Å². The van der Waals surface area contributed by atoms with Crippen LogP contribution in [0, 0.1) is 0 Å². The summed E-state index contributed by atoms with van der Waals surface area (Å²) in [6.07, 6.45) is 0.522. The second-order valence-electron chi connectivity index (χ2n) is 4.59. The van der Waals surface area contributed by atoms with E-state index in [1.165, 1.54) is 0 Å². The molecule has 0 aromatic carbocycles. The number of nitrogens with one attached hydrogen (secondary N) is 1. The minimum absolute atomic E-state index is 0.0683. The second kappa shape index (κ2) is 6.49. The van der Waals surface area contributed by atoms with Gasteiger partial charge in [-0.05, 0) is 20.4 Å². The van der Waals surface area contributed by atoms with Gasteiger partial charge in [0.15, 0.2) is 9.84 Å². The smallest absolute Gasteiger partial charge is 0.239 e. The fourth-order valence-electron chi connectivity index (χ4n) is 2.06. The van der Waals surface area contributed by atoms with E-state index in [1.54, 1.807) is 26.0 Å². The van der Waals surface area contributed by atoms with E-state index in [-0.39, 0.29) is 29.5 Å². The number of nitrogens with zero attached hydrogens (tertiary/aromatic N) is 1. The van der Waals surface area contributed by atoms with E-state index >= 15 is 0 Å². The predicted octanol–water partition coefficient (Wildman–Crippen LogP) is -0.744. The maximum atomic E-state index is 12.2. The van der Waals surface area contributed by atoms with E-state index in [1.807, 2.05) is 0 Å². The van der Waals surface area contributed by atoms with E-state index in [0.29, 0.717) is 19.6 Å². The molecular formula is C11H22N2O4S. The molecule has 0 spiro atoms. The van der Waals surface area contributed by atoms with Crippen LogP contribution in [0.25, 0.3) is 0 Å². The number of hydrogen-bond donors (Lipinski definition) is 1. The van der Waals surface area contributed by atoms with Crippen molar-refractivity contribution >= 4 is 15.7 Å². The SMILES string of the molecule is CNC(C)C(=O)N(CCOC)C1CCS(=O)(=O)C1. The Balaban J connectivity index is 2.75. The number of carbonyl (C=O) groups excluding carboxylic acids is 1. The van der Waals surface area contributed by atoms with Crippen LogP contribution < -0.4 is 5.32 Å². The molecule has 0 aromatic rings. The Morgan fingerprint density at radius 2 is 2.22 bits per heavy atom. The van der Waals surface area contributed by atoms with Crippen LogP contribution >= 0.6 is 0 Å². The number of ether oxygens (including phenoxy) is 1. The molecule has 2 atom stereocenters. The standard InChI is InChI=1S/C11H22N2O4S/c1-9(12-2)11(14)13(5-6-17-3)10-4-7-18(15,16)8-10/h9-10,12H,4-8H2,1-3H3. The molecule has 18 heavy (non-hydrogen) atoms. The van der Waals surface area contributed by atoms with Crippen LogP contribution in [0.15, 0.2) is 0 Å². The quantitative estimate of drug-likeness (QED) is 0.692. The molecule has 1 fully saturated rings. The fraction of sp³-hybridized carbons (Fsp3) is 0.909. The number of methoxy groups -OCH3 is 1. The summed E-state index contributed by atoms with van der Waals surface area (Å²) in [6.45, 7) is 2.62. The van der Waals surface area contributed by atoms with E-state index < -0.39 is 9.84 Å². The van der Waals surface area contributed by atoms with Crippen LogP contribution in [0.4, 0.5) is 0 Å². The average Bonchev–Trinajstić information content (AvgIpc) is 2.68. The lowest BCUT2D eigenvalue weighted by molar-refractivity contribution is -0.135. The molecule has 2 unspecified atom stereocenters. The van der Waals surface area contributed by atoms with Crippen LogP contribution in [0.1, 0.15) is 13.3 Å². The van der Waals surface area contributed by atoms with Crippen molar-refractivity contribution in [1.82, 2.24) is 10.2 Å². The normalized spacial score (nSPS) is 23.8. The summed E-state index contributed by atoms with van der Waals surface area (Å²) in [5.74, 6) is 0.165. The molecule has 1 saturated heterocycles. The number of carbonyl (C=O) groups is 1. The first-order chi connectivity index (χ1) is 8.41. The van der Waals surface area contributed by atoms with Crippen molar-refractivity contribution in [2.24, 2.45) is 0 Å². The van der Waals surface area contributed by atoms with Gasteiger partial charge >= 0.3 is 0 Å². The summed E-state index contributed by atoms with van der Waals surface area (Å²) in [6, 6.07) is -0.529. The topological polar surface area (TPSA) is 75.7 Å². The molecule has 0 bridgehead atoms. The number of rotatable bonds is 6. The van der Waals surface area contributed by atoms with Crippen LogP contribution in [0.2, 0.25) is 0 Å². The van der Waals surface area contributed by atoms with Crippen molar-refractivity contribution in [2.45, 2.75) is 25.4 Å². The molecule has 0 aromatic heterocycles. The number of likely N-dealkylation sites (N-methyl/N-ethyl adjacent to an activating group) is 1. The van der Waals surface area contributed by atoms with Crippen LogP contribution in [0.5, 0.6) is 0 Å². The molecular weight excluding hydrogens is 256 g/mol. The van der Waals surface area contributed by atoms with Crippen molar-refractivity contribution in [3.05, 3.63) is 0 Å². The zero-order valence-corrected chi connectivity index (χ0v) is 12.0. The van der Waals surface area contributed by atoms with Gasteiger partial charge < -0.3 is 15.0 Å². The summed E-state index contributed by atoms with van der Waals surface area (Å²) in [4.78, 5) is 13.8. The summed E-state index contributed by atoms with van der Waals surface area (Å²) in [7, 11) is 0.289. The first kappa shape index (κ1) is 15.4. The van der Waals surface area contributed by atoms with Gasteiger partial charge in [0.1, 0.15) is 0 Å². The van der Waals surface area contributed by atoms with Crippen LogP contribution in [-0.2, 0) is 19.4 Å². The molecule has 7 heteroatoms. The maximum absolute atomic E-state index is 12.2. The average molecular weight is 278 g/mol. The van der Waals surface area contributed by atoms with Gasteiger partial charge in [0.25, 0.3) is 0 Å². The second-order valence-corrected chi connectivity index (χ2v) is 6.82. The Morgan fingerprint density at radius 1 is 1.56 bits per heavy atom. The Hall–Kier alpha value is -0.660. The summed E-state index contributed by atoms with van der Waals surface area (Å²) >= 11 is 0. The highest BCUT2D eigenvalue weighted by Gasteiger charge is 2.35. The first-order valence-corrected chi connectivity index (χ1v) is 7.90. The molecule has 1 aliphatic heterocycles. The largest absolute Gasteiger partial charge is 0.383 e. The molecule has 0 radical (unpaired) electrons. The lowest BCUT2D eigenvalue weighted by Gasteiger charge is -2.30. The monoisotopic (exact) mass is 278 g/mol. The van der Waals surface area contributed by atoms with Crippen molar-refractivity contribution in [1.29, 1.82) is 0 Å². The highest BCUT2D eigenvalue weighted by atomic mass is 32.2. The molecule has 6 nitrogen and oxygen atoms in total. The number of amides is 1. The van der Waals surface area contributed by atoms with Crippen LogP contribution in [0.3, 0.4) is 0 Å². The molecule has 1 N–H and O–H groups in total. The Kier molecular flexibility index (Phi) is 5.55. The lowest BCUT2D eigenvalue weighted by atomic mass is 10.2. The maximum Gasteiger partial charge on any atom is 0.239 e. The Morgan fingerprint density at radius 3 is 2.67 bits per heavy atom.